The van der Waals surface area contributed by atoms with Crippen molar-refractivity contribution >= 4 is 23.7 Å². The summed E-state index contributed by atoms with van der Waals surface area (Å²) in [5, 5.41) is 4.42. The lowest BCUT2D eigenvalue weighted by Gasteiger charge is -1.98. The van der Waals surface area contributed by atoms with Gasteiger partial charge in [0, 0.05) is 12.0 Å². The van der Waals surface area contributed by atoms with Crippen LogP contribution in [0.4, 0.5) is 0 Å². The Hall–Kier alpha value is -2.07. The van der Waals surface area contributed by atoms with Crippen LogP contribution in [-0.4, -0.2) is 12.1 Å². The summed E-state index contributed by atoms with van der Waals surface area (Å²) in [6.45, 7) is 1.76. The van der Waals surface area contributed by atoms with E-state index in [9.17, 15) is 4.79 Å². The lowest BCUT2D eigenvalue weighted by molar-refractivity contribution is -0.120. The van der Waals surface area contributed by atoms with Crippen molar-refractivity contribution < 1.29 is 9.21 Å². The molecular formula is C14H13ClN2O2. The zero-order valence-corrected chi connectivity index (χ0v) is 11.1. The van der Waals surface area contributed by atoms with Gasteiger partial charge in [-0.05, 0) is 24.3 Å². The summed E-state index contributed by atoms with van der Waals surface area (Å²) in [4.78, 5) is 11.0. The van der Waals surface area contributed by atoms with Crippen molar-refractivity contribution in [3.63, 3.8) is 0 Å². The molecule has 19 heavy (non-hydrogen) atoms. The maximum Gasteiger partial charge on any atom is 0.239 e. The zero-order valence-electron chi connectivity index (χ0n) is 10.4. The van der Waals surface area contributed by atoms with Crippen molar-refractivity contribution in [2.45, 2.75) is 13.3 Å². The minimum absolute atomic E-state index is 0.144. The molecule has 1 aromatic carbocycles. The first-order chi connectivity index (χ1) is 9.20. The number of carbonyl (C=O) groups excluding carboxylic acids is 1. The number of rotatable bonds is 4. The van der Waals surface area contributed by atoms with Gasteiger partial charge in [-0.15, -0.1) is 0 Å². The number of furan rings is 1. The van der Waals surface area contributed by atoms with Gasteiger partial charge >= 0.3 is 0 Å². The van der Waals surface area contributed by atoms with Crippen LogP contribution in [0.15, 0.2) is 45.9 Å². The Kier molecular flexibility index (Phi) is 4.36. The number of halogens is 1. The first kappa shape index (κ1) is 13.4. The van der Waals surface area contributed by atoms with E-state index in [2.05, 4.69) is 10.5 Å². The smallest absolute Gasteiger partial charge is 0.239 e. The number of nitrogens with one attached hydrogen (secondary N) is 1. The number of benzene rings is 1. The first-order valence-corrected chi connectivity index (χ1v) is 6.25. The zero-order chi connectivity index (χ0) is 13.7. The van der Waals surface area contributed by atoms with Crippen LogP contribution < -0.4 is 5.43 Å². The van der Waals surface area contributed by atoms with Gasteiger partial charge in [-0.25, -0.2) is 5.43 Å². The molecule has 0 spiro atoms. The molecule has 0 unspecified atom stereocenters. The first-order valence-electron chi connectivity index (χ1n) is 5.87. The number of carbonyl (C=O) groups is 1. The van der Waals surface area contributed by atoms with Gasteiger partial charge in [-0.3, -0.25) is 4.79 Å². The van der Waals surface area contributed by atoms with E-state index in [0.717, 1.165) is 5.56 Å². The highest BCUT2D eigenvalue weighted by Gasteiger charge is 2.06. The molecule has 1 amide bonds. The highest BCUT2D eigenvalue weighted by Crippen LogP contribution is 2.28. The van der Waals surface area contributed by atoms with Crippen LogP contribution in [0.1, 0.15) is 19.1 Å². The van der Waals surface area contributed by atoms with Crippen LogP contribution in [0.3, 0.4) is 0 Å². The molecule has 5 heteroatoms. The Balaban J connectivity index is 2.12. The summed E-state index contributed by atoms with van der Waals surface area (Å²) >= 11 is 6.08. The fourth-order valence-electron chi connectivity index (χ4n) is 1.47. The Bertz CT molecular complexity index is 605. The molecule has 0 fully saturated rings. The summed E-state index contributed by atoms with van der Waals surface area (Å²) < 4.78 is 5.58. The number of amides is 1. The molecule has 0 aliphatic carbocycles. The molecule has 0 radical (unpaired) electrons. The lowest BCUT2D eigenvalue weighted by Crippen LogP contribution is -2.15. The predicted molar refractivity (Wildman–Crippen MR) is 75.2 cm³/mol. The highest BCUT2D eigenvalue weighted by molar-refractivity contribution is 6.33. The standard InChI is InChI=1S/C14H13ClN2O2/c1-2-14(18)17-16-9-10-7-8-13(19-10)11-5-3-4-6-12(11)15/h3-9H,2H2,1H3,(H,17,18)/b16-9+. The minimum Gasteiger partial charge on any atom is -0.455 e. The normalized spacial score (nSPS) is 10.8. The molecule has 1 N–H and O–H groups in total. The fraction of sp³-hybridized carbons (Fsp3) is 0.143. The fourth-order valence-corrected chi connectivity index (χ4v) is 1.70. The molecule has 0 saturated carbocycles. The van der Waals surface area contributed by atoms with Gasteiger partial charge in [0.2, 0.25) is 5.91 Å². The van der Waals surface area contributed by atoms with E-state index < -0.39 is 0 Å². The van der Waals surface area contributed by atoms with E-state index in [1.807, 2.05) is 24.3 Å². The summed E-state index contributed by atoms with van der Waals surface area (Å²) in [6.07, 6.45) is 1.84. The molecule has 4 nitrogen and oxygen atoms in total. The summed E-state index contributed by atoms with van der Waals surface area (Å²) in [5.74, 6) is 1.06. The van der Waals surface area contributed by atoms with Gasteiger partial charge in [-0.1, -0.05) is 30.7 Å². The van der Waals surface area contributed by atoms with Crippen molar-refractivity contribution in [2.24, 2.45) is 5.10 Å². The van der Waals surface area contributed by atoms with Gasteiger partial charge in [0.1, 0.15) is 11.5 Å². The lowest BCUT2D eigenvalue weighted by atomic mass is 10.2. The molecule has 0 saturated heterocycles. The highest BCUT2D eigenvalue weighted by atomic mass is 35.5. The average Bonchev–Trinajstić information content (AvgIpc) is 2.87. The summed E-state index contributed by atoms with van der Waals surface area (Å²) in [5.41, 5.74) is 3.21. The van der Waals surface area contributed by atoms with Crippen molar-refractivity contribution in [1.29, 1.82) is 0 Å². The Morgan fingerprint density at radius 1 is 1.37 bits per heavy atom. The van der Waals surface area contributed by atoms with Crippen LogP contribution in [0.2, 0.25) is 5.02 Å². The van der Waals surface area contributed by atoms with Crippen LogP contribution >= 0.6 is 11.6 Å². The van der Waals surface area contributed by atoms with Crippen molar-refractivity contribution in [3.8, 4) is 11.3 Å². The second kappa shape index (κ2) is 6.20. The van der Waals surface area contributed by atoms with Gasteiger partial charge in [0.15, 0.2) is 0 Å². The molecular weight excluding hydrogens is 264 g/mol. The number of hydrazone groups is 1. The number of hydrogen-bond donors (Lipinski definition) is 1. The molecule has 0 aliphatic heterocycles. The molecule has 1 aromatic heterocycles. The Morgan fingerprint density at radius 2 is 2.16 bits per heavy atom. The van der Waals surface area contributed by atoms with E-state index in [-0.39, 0.29) is 5.91 Å². The summed E-state index contributed by atoms with van der Waals surface area (Å²) in [6, 6.07) is 11.0. The summed E-state index contributed by atoms with van der Waals surface area (Å²) in [7, 11) is 0. The SMILES string of the molecule is CCC(=O)N/N=C/c1ccc(-c2ccccc2Cl)o1. The van der Waals surface area contributed by atoms with Crippen LogP contribution in [0.5, 0.6) is 0 Å². The van der Waals surface area contributed by atoms with E-state index >= 15 is 0 Å². The molecule has 98 valence electrons. The van der Waals surface area contributed by atoms with Crippen molar-refractivity contribution in [2.75, 3.05) is 0 Å². The molecule has 0 atom stereocenters. The van der Waals surface area contributed by atoms with Crippen molar-refractivity contribution in [3.05, 3.63) is 47.2 Å². The van der Waals surface area contributed by atoms with Gasteiger partial charge in [0.25, 0.3) is 0 Å². The Labute approximate surface area is 116 Å². The maximum atomic E-state index is 11.0. The van der Waals surface area contributed by atoms with Gasteiger partial charge in [-0.2, -0.15) is 5.10 Å². The second-order valence-electron chi connectivity index (χ2n) is 3.83. The average molecular weight is 277 g/mol. The number of hydrogen-bond acceptors (Lipinski definition) is 3. The molecule has 0 aliphatic rings. The largest absolute Gasteiger partial charge is 0.455 e. The van der Waals surface area contributed by atoms with E-state index in [1.165, 1.54) is 6.21 Å². The third kappa shape index (κ3) is 3.45. The van der Waals surface area contributed by atoms with Crippen LogP contribution in [0, 0.1) is 0 Å². The molecule has 0 bridgehead atoms. The maximum absolute atomic E-state index is 11.0. The van der Waals surface area contributed by atoms with E-state index in [0.29, 0.717) is 23.0 Å². The quantitative estimate of drug-likeness (QED) is 0.687. The number of nitrogens with zero attached hydrogens (tertiary/aromatic N) is 1. The predicted octanol–water partition coefficient (Wildman–Crippen LogP) is 3.46. The third-order valence-corrected chi connectivity index (χ3v) is 2.80. The monoisotopic (exact) mass is 276 g/mol. The third-order valence-electron chi connectivity index (χ3n) is 2.47. The second-order valence-corrected chi connectivity index (χ2v) is 4.24. The van der Waals surface area contributed by atoms with Gasteiger partial charge < -0.3 is 4.42 Å². The molecule has 2 rings (SSSR count). The van der Waals surface area contributed by atoms with Crippen LogP contribution in [-0.2, 0) is 4.79 Å². The molecule has 1 heterocycles. The van der Waals surface area contributed by atoms with Gasteiger partial charge in [0.05, 0.1) is 11.2 Å². The minimum atomic E-state index is -0.144. The van der Waals surface area contributed by atoms with E-state index in [1.54, 1.807) is 19.1 Å². The van der Waals surface area contributed by atoms with E-state index in [4.69, 9.17) is 16.0 Å². The van der Waals surface area contributed by atoms with Crippen LogP contribution in [0.25, 0.3) is 11.3 Å². The Morgan fingerprint density at radius 3 is 2.89 bits per heavy atom. The topological polar surface area (TPSA) is 54.6 Å². The van der Waals surface area contributed by atoms with Crippen molar-refractivity contribution in [1.82, 2.24) is 5.43 Å². The molecule has 2 aromatic rings.